The van der Waals surface area contributed by atoms with Crippen LogP contribution >= 0.6 is 0 Å². The van der Waals surface area contributed by atoms with Gasteiger partial charge in [-0.05, 0) is 68.7 Å². The number of rotatable bonds is 4. The van der Waals surface area contributed by atoms with Crippen LogP contribution in [0.15, 0.2) is 23.4 Å². The monoisotopic (exact) mass is 287 g/mol. The Morgan fingerprint density at radius 2 is 1.90 bits per heavy atom. The van der Waals surface area contributed by atoms with Crippen LogP contribution in [-0.2, 0) is 6.54 Å². The minimum atomic E-state index is 0.0648. The van der Waals surface area contributed by atoms with Gasteiger partial charge in [0.1, 0.15) is 0 Å². The Morgan fingerprint density at radius 3 is 2.43 bits per heavy atom. The van der Waals surface area contributed by atoms with Crippen molar-refractivity contribution in [2.24, 2.45) is 23.2 Å². The van der Waals surface area contributed by atoms with E-state index in [1.807, 2.05) is 0 Å². The first-order chi connectivity index (χ1) is 10.2. The lowest BCUT2D eigenvalue weighted by Crippen LogP contribution is -2.57. The topological polar surface area (TPSA) is 46.9 Å². The summed E-state index contributed by atoms with van der Waals surface area (Å²) in [5.74, 6) is 2.83. The molecule has 1 N–H and O–H groups in total. The van der Waals surface area contributed by atoms with Crippen LogP contribution in [0.1, 0.15) is 38.5 Å². The highest BCUT2D eigenvalue weighted by atomic mass is 16.1. The average molecular weight is 287 g/mol. The molecule has 4 fully saturated rings. The Morgan fingerprint density at radius 1 is 1.29 bits per heavy atom. The smallest absolute Gasteiger partial charge is 0.253 e. The number of hydrogen-bond donors (Lipinski definition) is 1. The minimum absolute atomic E-state index is 0.0648. The molecule has 1 aromatic rings. The fraction of sp³-hybridized carbons (Fsp3) is 0.765. The third kappa shape index (κ3) is 2.24. The van der Waals surface area contributed by atoms with Crippen LogP contribution in [0.25, 0.3) is 0 Å². The number of aromatic nitrogens is 2. The van der Waals surface area contributed by atoms with Crippen LogP contribution in [0.3, 0.4) is 0 Å². The Hall–Kier alpha value is -1.16. The van der Waals surface area contributed by atoms with E-state index in [-0.39, 0.29) is 5.56 Å². The van der Waals surface area contributed by atoms with E-state index in [2.05, 4.69) is 17.3 Å². The third-order valence-corrected chi connectivity index (χ3v) is 6.34. The summed E-state index contributed by atoms with van der Waals surface area (Å²) in [6.45, 7) is 0.759. The van der Waals surface area contributed by atoms with Crippen LogP contribution in [0.4, 0.5) is 0 Å². The van der Waals surface area contributed by atoms with Crippen molar-refractivity contribution in [1.29, 1.82) is 0 Å². The molecule has 0 amide bonds. The second-order valence-corrected chi connectivity index (χ2v) is 7.69. The molecule has 0 aliphatic heterocycles. The molecule has 1 unspecified atom stereocenters. The summed E-state index contributed by atoms with van der Waals surface area (Å²) in [6.07, 6.45) is 11.7. The second-order valence-electron chi connectivity index (χ2n) is 7.69. The van der Waals surface area contributed by atoms with E-state index in [9.17, 15) is 4.79 Å². The van der Waals surface area contributed by atoms with E-state index in [1.165, 1.54) is 38.5 Å². The van der Waals surface area contributed by atoms with Gasteiger partial charge in [0.05, 0.1) is 6.33 Å². The standard InChI is InChI=1S/C17H25N3O/c1-18-15(10-20-11-19-3-2-16(20)21)17-7-12-4-13(8-17)6-14(5-12)9-17/h2-3,11-15,18H,4-10H2,1H3. The Bertz CT molecular complexity index is 544. The van der Waals surface area contributed by atoms with Crippen LogP contribution in [0.5, 0.6) is 0 Å². The molecule has 0 aromatic carbocycles. The number of nitrogens with one attached hydrogen (secondary N) is 1. The van der Waals surface area contributed by atoms with Crippen molar-refractivity contribution in [3.63, 3.8) is 0 Å². The first kappa shape index (κ1) is 13.5. The third-order valence-electron chi connectivity index (χ3n) is 6.34. The van der Waals surface area contributed by atoms with Crippen molar-refractivity contribution in [2.45, 2.75) is 51.1 Å². The van der Waals surface area contributed by atoms with Crippen molar-refractivity contribution >= 4 is 0 Å². The molecular weight excluding hydrogens is 262 g/mol. The normalized spacial score (nSPS) is 38.6. The van der Waals surface area contributed by atoms with Crippen LogP contribution in [0, 0.1) is 23.2 Å². The molecule has 4 saturated carbocycles. The highest BCUT2D eigenvalue weighted by Crippen LogP contribution is 2.61. The lowest BCUT2D eigenvalue weighted by atomic mass is 9.47. The molecule has 4 nitrogen and oxygen atoms in total. The maximum absolute atomic E-state index is 12.0. The lowest BCUT2D eigenvalue weighted by molar-refractivity contribution is -0.0755. The molecule has 21 heavy (non-hydrogen) atoms. The predicted molar refractivity (Wildman–Crippen MR) is 81.9 cm³/mol. The highest BCUT2D eigenvalue weighted by Gasteiger charge is 2.53. The van der Waals surface area contributed by atoms with Gasteiger partial charge < -0.3 is 5.32 Å². The molecule has 0 saturated heterocycles. The van der Waals surface area contributed by atoms with Gasteiger partial charge in [0.15, 0.2) is 0 Å². The van der Waals surface area contributed by atoms with E-state index in [0.717, 1.165) is 24.3 Å². The van der Waals surface area contributed by atoms with Crippen molar-refractivity contribution in [3.05, 3.63) is 28.9 Å². The second kappa shape index (κ2) is 4.94. The average Bonchev–Trinajstić information content (AvgIpc) is 2.44. The van der Waals surface area contributed by atoms with Crippen LogP contribution in [0.2, 0.25) is 0 Å². The van der Waals surface area contributed by atoms with E-state index in [1.54, 1.807) is 23.2 Å². The van der Waals surface area contributed by atoms with E-state index in [0.29, 0.717) is 11.5 Å². The first-order valence-corrected chi connectivity index (χ1v) is 8.36. The van der Waals surface area contributed by atoms with Crippen molar-refractivity contribution in [1.82, 2.24) is 14.9 Å². The molecule has 1 heterocycles. The van der Waals surface area contributed by atoms with Gasteiger partial charge in [-0.3, -0.25) is 9.36 Å². The quantitative estimate of drug-likeness (QED) is 0.922. The van der Waals surface area contributed by atoms with E-state index in [4.69, 9.17) is 0 Å². The predicted octanol–water partition coefficient (Wildman–Crippen LogP) is 2.05. The van der Waals surface area contributed by atoms with Gasteiger partial charge in [-0.2, -0.15) is 0 Å². The first-order valence-electron chi connectivity index (χ1n) is 8.36. The minimum Gasteiger partial charge on any atom is -0.315 e. The van der Waals surface area contributed by atoms with Gasteiger partial charge in [-0.15, -0.1) is 0 Å². The summed E-state index contributed by atoms with van der Waals surface area (Å²) >= 11 is 0. The van der Waals surface area contributed by atoms with Gasteiger partial charge >= 0.3 is 0 Å². The number of nitrogens with zero attached hydrogens (tertiary/aromatic N) is 2. The Kier molecular flexibility index (Phi) is 3.18. The van der Waals surface area contributed by atoms with Crippen molar-refractivity contribution in [2.75, 3.05) is 7.05 Å². The summed E-state index contributed by atoms with van der Waals surface area (Å²) < 4.78 is 1.78. The SMILES string of the molecule is CNC(Cn1cnccc1=O)C12CC3CC(CC(C3)C1)C2. The Balaban J connectivity index is 1.61. The molecule has 0 spiro atoms. The number of hydrogen-bond acceptors (Lipinski definition) is 3. The summed E-state index contributed by atoms with van der Waals surface area (Å²) in [7, 11) is 2.06. The number of likely N-dealkylation sites (N-methyl/N-ethyl adjacent to an activating group) is 1. The molecule has 4 bridgehead atoms. The zero-order valence-electron chi connectivity index (χ0n) is 12.8. The summed E-state index contributed by atoms with van der Waals surface area (Å²) in [5.41, 5.74) is 0.480. The zero-order chi connectivity index (χ0) is 14.4. The van der Waals surface area contributed by atoms with Gasteiger partial charge in [0.25, 0.3) is 5.56 Å². The molecule has 1 aromatic heterocycles. The van der Waals surface area contributed by atoms with Gasteiger partial charge in [-0.1, -0.05) is 0 Å². The molecule has 0 radical (unpaired) electrons. The maximum atomic E-state index is 12.0. The fourth-order valence-corrected chi connectivity index (χ4v) is 5.91. The van der Waals surface area contributed by atoms with E-state index >= 15 is 0 Å². The van der Waals surface area contributed by atoms with Crippen molar-refractivity contribution < 1.29 is 0 Å². The fourth-order valence-electron chi connectivity index (χ4n) is 5.91. The van der Waals surface area contributed by atoms with Crippen LogP contribution in [-0.4, -0.2) is 22.6 Å². The molecule has 4 aliphatic carbocycles. The zero-order valence-corrected chi connectivity index (χ0v) is 12.8. The largest absolute Gasteiger partial charge is 0.315 e. The highest BCUT2D eigenvalue weighted by molar-refractivity contribution is 5.06. The van der Waals surface area contributed by atoms with Gasteiger partial charge in [-0.25, -0.2) is 4.98 Å². The molecule has 4 aliphatic rings. The summed E-state index contributed by atoms with van der Waals surface area (Å²) in [5, 5.41) is 3.55. The lowest BCUT2D eigenvalue weighted by Gasteiger charge is -2.59. The maximum Gasteiger partial charge on any atom is 0.253 e. The molecule has 1 atom stereocenters. The Labute approximate surface area is 126 Å². The van der Waals surface area contributed by atoms with E-state index < -0.39 is 0 Å². The summed E-state index contributed by atoms with van der Waals surface area (Å²) in [6, 6.07) is 1.96. The molecule has 114 valence electrons. The van der Waals surface area contributed by atoms with Crippen LogP contribution < -0.4 is 10.9 Å². The molecular formula is C17H25N3O. The van der Waals surface area contributed by atoms with Crippen molar-refractivity contribution in [3.8, 4) is 0 Å². The molecule has 4 heteroatoms. The summed E-state index contributed by atoms with van der Waals surface area (Å²) in [4.78, 5) is 16.1. The van der Waals surface area contributed by atoms with Gasteiger partial charge in [0, 0.05) is 24.8 Å². The molecule has 5 rings (SSSR count). The van der Waals surface area contributed by atoms with Gasteiger partial charge in [0.2, 0.25) is 0 Å².